The number of nitro benzene ring substituents is 1. The van der Waals surface area contributed by atoms with Gasteiger partial charge in [0.2, 0.25) is 0 Å². The molecular formula is C18H19N3O5. The molecule has 0 unspecified atom stereocenters. The molecule has 0 fully saturated rings. The highest BCUT2D eigenvalue weighted by atomic mass is 16.6. The topological polar surface area (TPSA) is 116 Å². The van der Waals surface area contributed by atoms with Crippen LogP contribution in [-0.2, 0) is 9.53 Å². The van der Waals surface area contributed by atoms with Crippen molar-refractivity contribution in [2.45, 2.75) is 19.9 Å². The molecule has 2 aromatic carbocycles. The van der Waals surface area contributed by atoms with E-state index in [1.165, 1.54) is 17.0 Å². The van der Waals surface area contributed by atoms with Gasteiger partial charge in [0.05, 0.1) is 10.5 Å². The number of rotatable bonds is 6. The lowest BCUT2D eigenvalue weighted by atomic mass is 10.2. The third-order valence-electron chi connectivity index (χ3n) is 3.61. The zero-order valence-corrected chi connectivity index (χ0v) is 14.4. The Balaban J connectivity index is 2.09. The Morgan fingerprint density at radius 3 is 2.42 bits per heavy atom. The molecule has 2 N–H and O–H groups in total. The highest BCUT2D eigenvalue weighted by Crippen LogP contribution is 2.23. The van der Waals surface area contributed by atoms with Crippen LogP contribution in [0.4, 0.5) is 17.1 Å². The van der Waals surface area contributed by atoms with E-state index >= 15 is 0 Å². The van der Waals surface area contributed by atoms with Crippen LogP contribution >= 0.6 is 0 Å². The number of benzene rings is 2. The summed E-state index contributed by atoms with van der Waals surface area (Å²) in [7, 11) is 0. The predicted octanol–water partition coefficient (Wildman–Crippen LogP) is 2.78. The summed E-state index contributed by atoms with van der Waals surface area (Å²) in [5.41, 5.74) is 5.69. The van der Waals surface area contributed by atoms with Crippen LogP contribution < -0.4 is 10.6 Å². The number of nitrogens with zero attached hydrogens (tertiary/aromatic N) is 2. The van der Waals surface area contributed by atoms with Crippen LogP contribution in [0.1, 0.15) is 24.2 Å². The standard InChI is InChI=1S/C18H19N3O5/c1-12(2)20(14-6-4-3-5-7-14)17(22)11-26-18(23)13-8-9-15(19)16(10-13)21(24)25/h3-10,12H,11,19H2,1-2H3. The van der Waals surface area contributed by atoms with Crippen molar-refractivity contribution in [2.24, 2.45) is 0 Å². The molecule has 8 nitrogen and oxygen atoms in total. The van der Waals surface area contributed by atoms with Gasteiger partial charge in [-0.1, -0.05) is 18.2 Å². The van der Waals surface area contributed by atoms with E-state index in [-0.39, 0.29) is 23.0 Å². The average molecular weight is 357 g/mol. The molecule has 26 heavy (non-hydrogen) atoms. The minimum Gasteiger partial charge on any atom is -0.452 e. The van der Waals surface area contributed by atoms with Gasteiger partial charge in [0.1, 0.15) is 5.69 Å². The molecule has 0 atom stereocenters. The van der Waals surface area contributed by atoms with Crippen LogP contribution in [0, 0.1) is 10.1 Å². The van der Waals surface area contributed by atoms with Crippen molar-refractivity contribution in [3.8, 4) is 0 Å². The van der Waals surface area contributed by atoms with Crippen molar-refractivity contribution in [1.82, 2.24) is 0 Å². The summed E-state index contributed by atoms with van der Waals surface area (Å²) in [5.74, 6) is -1.23. The lowest BCUT2D eigenvalue weighted by Gasteiger charge is -2.26. The number of esters is 1. The zero-order valence-electron chi connectivity index (χ0n) is 14.4. The Bertz CT molecular complexity index is 821. The minimum atomic E-state index is -0.835. The van der Waals surface area contributed by atoms with Gasteiger partial charge in [0, 0.05) is 17.8 Å². The SMILES string of the molecule is CC(C)N(C(=O)COC(=O)c1ccc(N)c([N+](=O)[O-])c1)c1ccccc1. The molecule has 0 aliphatic carbocycles. The van der Waals surface area contributed by atoms with Gasteiger partial charge >= 0.3 is 5.97 Å². The number of anilines is 2. The fourth-order valence-corrected chi connectivity index (χ4v) is 2.43. The number of ether oxygens (including phenoxy) is 1. The Morgan fingerprint density at radius 1 is 1.19 bits per heavy atom. The van der Waals surface area contributed by atoms with Gasteiger partial charge in [0.15, 0.2) is 6.61 Å². The maximum absolute atomic E-state index is 12.5. The second kappa shape index (κ2) is 8.11. The van der Waals surface area contributed by atoms with Crippen LogP contribution in [-0.4, -0.2) is 29.4 Å². The lowest BCUT2D eigenvalue weighted by molar-refractivity contribution is -0.383. The van der Waals surface area contributed by atoms with Crippen molar-refractivity contribution in [3.05, 3.63) is 64.2 Å². The van der Waals surface area contributed by atoms with Crippen molar-refractivity contribution in [2.75, 3.05) is 17.2 Å². The molecular weight excluding hydrogens is 338 g/mol. The fourth-order valence-electron chi connectivity index (χ4n) is 2.43. The van der Waals surface area contributed by atoms with E-state index in [0.717, 1.165) is 6.07 Å². The molecule has 0 saturated carbocycles. The van der Waals surface area contributed by atoms with Gasteiger partial charge in [0.25, 0.3) is 11.6 Å². The smallest absolute Gasteiger partial charge is 0.338 e. The first-order chi connectivity index (χ1) is 12.3. The summed E-state index contributed by atoms with van der Waals surface area (Å²) < 4.78 is 5.02. The van der Waals surface area contributed by atoms with Crippen LogP contribution in [0.2, 0.25) is 0 Å². The van der Waals surface area contributed by atoms with E-state index in [2.05, 4.69) is 0 Å². The molecule has 0 aliphatic rings. The Kier molecular flexibility index (Phi) is 5.90. The summed E-state index contributed by atoms with van der Waals surface area (Å²) in [6.07, 6.45) is 0. The van der Waals surface area contributed by atoms with Gasteiger partial charge in [-0.25, -0.2) is 4.79 Å². The first kappa shape index (κ1) is 18.9. The van der Waals surface area contributed by atoms with Gasteiger partial charge in [-0.3, -0.25) is 14.9 Å². The number of hydrogen-bond donors (Lipinski definition) is 1. The highest BCUT2D eigenvalue weighted by molar-refractivity contribution is 5.97. The number of nitrogen functional groups attached to an aromatic ring is 1. The summed E-state index contributed by atoms with van der Waals surface area (Å²) in [5, 5.41) is 10.9. The fraction of sp³-hybridized carbons (Fsp3) is 0.222. The van der Waals surface area contributed by atoms with Crippen molar-refractivity contribution in [3.63, 3.8) is 0 Å². The second-order valence-corrected chi connectivity index (χ2v) is 5.80. The number of nitrogens with two attached hydrogens (primary N) is 1. The molecule has 0 aliphatic heterocycles. The summed E-state index contributed by atoms with van der Waals surface area (Å²) in [6.45, 7) is 3.20. The number of carbonyl (C=O) groups excluding carboxylic acids is 2. The van der Waals surface area contributed by atoms with E-state index in [1.54, 1.807) is 24.3 Å². The van der Waals surface area contributed by atoms with E-state index in [1.807, 2.05) is 19.9 Å². The van der Waals surface area contributed by atoms with Crippen molar-refractivity contribution < 1.29 is 19.2 Å². The molecule has 0 aromatic heterocycles. The Labute approximate surface area is 150 Å². The van der Waals surface area contributed by atoms with Crippen LogP contribution in [0.5, 0.6) is 0 Å². The molecule has 8 heteroatoms. The third-order valence-corrected chi connectivity index (χ3v) is 3.61. The molecule has 0 spiro atoms. The van der Waals surface area contributed by atoms with Crippen molar-refractivity contribution >= 4 is 28.9 Å². The molecule has 2 aromatic rings. The van der Waals surface area contributed by atoms with Crippen molar-refractivity contribution in [1.29, 1.82) is 0 Å². The lowest BCUT2D eigenvalue weighted by Crippen LogP contribution is -2.39. The first-order valence-electron chi connectivity index (χ1n) is 7.89. The maximum Gasteiger partial charge on any atom is 0.338 e. The quantitative estimate of drug-likeness (QED) is 0.368. The summed E-state index contributed by atoms with van der Waals surface area (Å²) >= 11 is 0. The molecule has 0 radical (unpaired) electrons. The second-order valence-electron chi connectivity index (χ2n) is 5.80. The zero-order chi connectivity index (χ0) is 19.3. The van der Waals surface area contributed by atoms with Crippen LogP contribution in [0.25, 0.3) is 0 Å². The average Bonchev–Trinajstić information content (AvgIpc) is 2.60. The number of nitro groups is 1. The first-order valence-corrected chi connectivity index (χ1v) is 7.89. The molecule has 136 valence electrons. The monoisotopic (exact) mass is 357 g/mol. The maximum atomic E-state index is 12.5. The molecule has 0 saturated heterocycles. The summed E-state index contributed by atoms with van der Waals surface area (Å²) in [4.78, 5) is 36.3. The van der Waals surface area contributed by atoms with E-state index in [9.17, 15) is 19.7 Å². The Morgan fingerprint density at radius 2 is 1.85 bits per heavy atom. The number of hydrogen-bond acceptors (Lipinski definition) is 6. The van der Waals surface area contributed by atoms with E-state index < -0.39 is 23.4 Å². The molecule has 0 heterocycles. The van der Waals surface area contributed by atoms with Crippen LogP contribution in [0.3, 0.4) is 0 Å². The normalized spacial score (nSPS) is 10.4. The Hall–Kier alpha value is -3.42. The molecule has 2 rings (SSSR count). The van der Waals surface area contributed by atoms with Gasteiger partial charge in [-0.2, -0.15) is 0 Å². The molecule has 1 amide bonds. The van der Waals surface area contributed by atoms with Gasteiger partial charge < -0.3 is 15.4 Å². The van der Waals surface area contributed by atoms with E-state index in [0.29, 0.717) is 5.69 Å². The minimum absolute atomic E-state index is 0.0468. The third kappa shape index (κ3) is 4.35. The number of carbonyl (C=O) groups is 2. The van der Waals surface area contributed by atoms with Gasteiger partial charge in [-0.05, 0) is 38.1 Å². The number of amides is 1. The largest absolute Gasteiger partial charge is 0.452 e. The predicted molar refractivity (Wildman–Crippen MR) is 96.9 cm³/mol. The van der Waals surface area contributed by atoms with Gasteiger partial charge in [-0.15, -0.1) is 0 Å². The summed E-state index contributed by atoms with van der Waals surface area (Å²) in [6, 6.07) is 12.5. The highest BCUT2D eigenvalue weighted by Gasteiger charge is 2.22. The van der Waals surface area contributed by atoms with E-state index in [4.69, 9.17) is 10.5 Å². The number of para-hydroxylation sites is 1. The molecule has 0 bridgehead atoms. The van der Waals surface area contributed by atoms with Crippen LogP contribution in [0.15, 0.2) is 48.5 Å².